The van der Waals surface area contributed by atoms with Crippen LogP contribution in [0.4, 0.5) is 4.39 Å². The minimum absolute atomic E-state index is 0.0372. The number of piperidine rings is 1. The van der Waals surface area contributed by atoms with Gasteiger partial charge in [-0.15, -0.1) is 0 Å². The van der Waals surface area contributed by atoms with Gasteiger partial charge in [0, 0.05) is 25.2 Å². The Kier molecular flexibility index (Phi) is 8.09. The maximum absolute atomic E-state index is 13.4. The van der Waals surface area contributed by atoms with Gasteiger partial charge in [0.15, 0.2) is 6.61 Å². The minimum atomic E-state index is -0.289. The number of aromatic nitrogens is 2. The third-order valence-corrected chi connectivity index (χ3v) is 6.35. The second-order valence-corrected chi connectivity index (χ2v) is 9.01. The number of carbonyl (C=O) groups excluding carboxylic acids is 1. The summed E-state index contributed by atoms with van der Waals surface area (Å²) in [7, 11) is 1.95. The van der Waals surface area contributed by atoms with Crippen LogP contribution in [0.15, 0.2) is 47.1 Å². The number of aliphatic hydroxyl groups excluding tert-OH is 1. The van der Waals surface area contributed by atoms with Gasteiger partial charge in [-0.2, -0.15) is 0 Å². The van der Waals surface area contributed by atoms with E-state index in [-0.39, 0.29) is 31.0 Å². The molecule has 0 spiro atoms. The van der Waals surface area contributed by atoms with Crippen molar-refractivity contribution in [2.45, 2.75) is 45.3 Å². The first kappa shape index (κ1) is 24.8. The maximum Gasteiger partial charge on any atom is 0.260 e. The average molecular weight is 483 g/mol. The third kappa shape index (κ3) is 6.23. The molecule has 1 aromatic heterocycles. The fourth-order valence-electron chi connectivity index (χ4n) is 4.40. The molecule has 0 unspecified atom stereocenters. The van der Waals surface area contributed by atoms with Crippen molar-refractivity contribution in [3.8, 4) is 16.9 Å². The molecule has 1 N–H and O–H groups in total. The maximum atomic E-state index is 13.4. The summed E-state index contributed by atoms with van der Waals surface area (Å²) >= 11 is 0. The SMILES string of the molecule is Cc1nonc1CN(C)Cc1cc(-c2ccc(F)cc2)ccc1OCC(=O)N1CCCC[C@H]1CO. The van der Waals surface area contributed by atoms with Crippen LogP contribution >= 0.6 is 0 Å². The molecule has 9 heteroatoms. The summed E-state index contributed by atoms with van der Waals surface area (Å²) in [6.07, 6.45) is 2.75. The molecular formula is C26H31FN4O4. The van der Waals surface area contributed by atoms with Crippen molar-refractivity contribution in [2.75, 3.05) is 26.8 Å². The van der Waals surface area contributed by atoms with Crippen LogP contribution in [0.5, 0.6) is 5.75 Å². The Bertz CT molecular complexity index is 1130. The Labute approximate surface area is 204 Å². The van der Waals surface area contributed by atoms with E-state index >= 15 is 0 Å². The Morgan fingerprint density at radius 1 is 1.17 bits per heavy atom. The molecule has 1 amide bonds. The first-order valence-corrected chi connectivity index (χ1v) is 11.8. The molecule has 4 rings (SSSR count). The van der Waals surface area contributed by atoms with Gasteiger partial charge in [0.25, 0.3) is 5.91 Å². The van der Waals surface area contributed by atoms with Gasteiger partial charge in [-0.1, -0.05) is 28.5 Å². The van der Waals surface area contributed by atoms with Gasteiger partial charge < -0.3 is 14.7 Å². The Morgan fingerprint density at radius 2 is 1.94 bits per heavy atom. The van der Waals surface area contributed by atoms with Crippen molar-refractivity contribution in [1.29, 1.82) is 0 Å². The number of halogens is 1. The normalized spacial score (nSPS) is 16.0. The van der Waals surface area contributed by atoms with Crippen molar-refractivity contribution < 1.29 is 23.7 Å². The molecule has 186 valence electrons. The standard InChI is InChI=1S/C26H31FN4O4/c1-18-24(29-35-28-18)15-30(2)14-21-13-20(19-6-9-22(27)10-7-19)8-11-25(21)34-17-26(33)31-12-4-3-5-23(31)16-32/h6-11,13,23,32H,3-5,12,14-17H2,1-2H3/t23-/m0/s1. The number of hydrogen-bond acceptors (Lipinski definition) is 7. The number of likely N-dealkylation sites (tertiary alicyclic amines) is 1. The number of ether oxygens (including phenoxy) is 1. The molecule has 0 aliphatic carbocycles. The van der Waals surface area contributed by atoms with E-state index in [1.807, 2.05) is 32.2 Å². The van der Waals surface area contributed by atoms with Crippen LogP contribution in [0.1, 0.15) is 36.2 Å². The highest BCUT2D eigenvalue weighted by atomic mass is 19.1. The van der Waals surface area contributed by atoms with Crippen LogP contribution in [0.2, 0.25) is 0 Å². The summed E-state index contributed by atoms with van der Waals surface area (Å²) in [6.45, 7) is 3.39. The number of hydrogen-bond donors (Lipinski definition) is 1. The Hall–Kier alpha value is -3.30. The number of aryl methyl sites for hydroxylation is 1. The fraction of sp³-hybridized carbons (Fsp3) is 0.423. The van der Waals surface area contributed by atoms with Crippen molar-refractivity contribution in [1.82, 2.24) is 20.1 Å². The van der Waals surface area contributed by atoms with Gasteiger partial charge in [-0.3, -0.25) is 9.69 Å². The monoisotopic (exact) mass is 482 g/mol. The molecule has 35 heavy (non-hydrogen) atoms. The lowest BCUT2D eigenvalue weighted by atomic mass is 10.0. The zero-order valence-electron chi connectivity index (χ0n) is 20.1. The minimum Gasteiger partial charge on any atom is -0.483 e. The molecule has 8 nitrogen and oxygen atoms in total. The largest absolute Gasteiger partial charge is 0.483 e. The summed E-state index contributed by atoms with van der Waals surface area (Å²) in [5, 5.41) is 17.4. The van der Waals surface area contributed by atoms with Gasteiger partial charge in [0.05, 0.1) is 12.6 Å². The van der Waals surface area contributed by atoms with Crippen molar-refractivity contribution >= 4 is 5.91 Å². The molecule has 3 aromatic rings. The zero-order valence-corrected chi connectivity index (χ0v) is 20.1. The van der Waals surface area contributed by atoms with Gasteiger partial charge in [0.2, 0.25) is 0 Å². The second kappa shape index (κ2) is 11.4. The van der Waals surface area contributed by atoms with E-state index < -0.39 is 0 Å². The van der Waals surface area contributed by atoms with E-state index in [1.165, 1.54) is 12.1 Å². The molecular weight excluding hydrogens is 451 g/mol. The summed E-state index contributed by atoms with van der Waals surface area (Å²) in [5.41, 5.74) is 4.17. The van der Waals surface area contributed by atoms with E-state index in [4.69, 9.17) is 9.37 Å². The lowest BCUT2D eigenvalue weighted by Gasteiger charge is -2.34. The first-order valence-electron chi connectivity index (χ1n) is 11.8. The highest BCUT2D eigenvalue weighted by Gasteiger charge is 2.26. The second-order valence-electron chi connectivity index (χ2n) is 9.01. The Morgan fingerprint density at radius 3 is 2.66 bits per heavy atom. The molecule has 1 atom stereocenters. The molecule has 2 heterocycles. The number of carbonyl (C=O) groups is 1. The van der Waals surface area contributed by atoms with Gasteiger partial charge in [-0.05, 0) is 68.6 Å². The highest BCUT2D eigenvalue weighted by Crippen LogP contribution is 2.29. The molecule has 0 radical (unpaired) electrons. The summed E-state index contributed by atoms with van der Waals surface area (Å²) in [4.78, 5) is 16.6. The topological polar surface area (TPSA) is 91.9 Å². The molecule has 2 aromatic carbocycles. The number of benzene rings is 2. The number of nitrogens with zero attached hydrogens (tertiary/aromatic N) is 4. The summed E-state index contributed by atoms with van der Waals surface area (Å²) < 4.78 is 24.2. The van der Waals surface area contributed by atoms with Crippen LogP contribution in [-0.2, 0) is 17.9 Å². The number of rotatable bonds is 9. The molecule has 0 bridgehead atoms. The predicted molar refractivity (Wildman–Crippen MR) is 128 cm³/mol. The highest BCUT2D eigenvalue weighted by molar-refractivity contribution is 5.78. The number of aliphatic hydroxyl groups is 1. The van der Waals surface area contributed by atoms with Gasteiger partial charge in [0.1, 0.15) is 23.0 Å². The van der Waals surface area contributed by atoms with Crippen LogP contribution in [0, 0.1) is 12.7 Å². The van der Waals surface area contributed by atoms with Crippen molar-refractivity contribution in [2.24, 2.45) is 0 Å². The van der Waals surface area contributed by atoms with Gasteiger partial charge >= 0.3 is 0 Å². The lowest BCUT2D eigenvalue weighted by molar-refractivity contribution is -0.138. The van der Waals surface area contributed by atoms with E-state index in [0.717, 1.165) is 47.3 Å². The zero-order chi connectivity index (χ0) is 24.8. The summed E-state index contributed by atoms with van der Waals surface area (Å²) in [6, 6.07) is 11.9. The Balaban J connectivity index is 1.53. The first-order chi connectivity index (χ1) is 16.9. The molecule has 0 saturated carbocycles. The van der Waals surface area contributed by atoms with Crippen LogP contribution in [0.3, 0.4) is 0 Å². The number of amides is 1. The van der Waals surface area contributed by atoms with Crippen molar-refractivity contribution in [3.05, 3.63) is 65.2 Å². The molecule has 1 fully saturated rings. The van der Waals surface area contributed by atoms with E-state index in [1.54, 1.807) is 17.0 Å². The van der Waals surface area contributed by atoms with Crippen molar-refractivity contribution in [3.63, 3.8) is 0 Å². The molecule has 1 aliphatic rings. The van der Waals surface area contributed by atoms with Crippen LogP contribution in [-0.4, -0.2) is 64.0 Å². The lowest BCUT2D eigenvalue weighted by Crippen LogP contribution is -2.47. The summed E-state index contributed by atoms with van der Waals surface area (Å²) in [5.74, 6) is 0.182. The predicted octanol–water partition coefficient (Wildman–Crippen LogP) is 3.57. The van der Waals surface area contributed by atoms with Crippen LogP contribution < -0.4 is 4.74 Å². The van der Waals surface area contributed by atoms with Gasteiger partial charge in [-0.25, -0.2) is 9.02 Å². The smallest absolute Gasteiger partial charge is 0.260 e. The van der Waals surface area contributed by atoms with E-state index in [9.17, 15) is 14.3 Å². The molecule has 1 saturated heterocycles. The van der Waals surface area contributed by atoms with E-state index in [0.29, 0.717) is 25.4 Å². The third-order valence-electron chi connectivity index (χ3n) is 6.35. The fourth-order valence-corrected chi connectivity index (χ4v) is 4.40. The molecule has 1 aliphatic heterocycles. The van der Waals surface area contributed by atoms with E-state index in [2.05, 4.69) is 15.2 Å². The van der Waals surface area contributed by atoms with Crippen LogP contribution in [0.25, 0.3) is 11.1 Å². The average Bonchev–Trinajstić information content (AvgIpc) is 3.27. The quantitative estimate of drug-likeness (QED) is 0.499.